The standard InChI is InChI=1S/C23H18ClF3N2O/c1-30-20-11-7-15(8-12-20)21-14-22(16-5-9-18(24)10-6-16)29(28-21)19-4-2-3-17(13-19)23(25,26)27/h2-13,22H,14H2,1H3. The Bertz CT molecular complexity index is 1060. The number of rotatable bonds is 4. The zero-order chi connectivity index (χ0) is 21.3. The van der Waals surface area contributed by atoms with Crippen molar-refractivity contribution in [1.82, 2.24) is 0 Å². The van der Waals surface area contributed by atoms with Gasteiger partial charge in [0.2, 0.25) is 0 Å². The normalized spacial score (nSPS) is 16.5. The van der Waals surface area contributed by atoms with Crippen molar-refractivity contribution in [2.75, 3.05) is 12.1 Å². The Morgan fingerprint density at radius 1 is 1.00 bits per heavy atom. The molecule has 3 aromatic carbocycles. The van der Waals surface area contributed by atoms with Gasteiger partial charge in [-0.1, -0.05) is 29.8 Å². The summed E-state index contributed by atoms with van der Waals surface area (Å²) in [5, 5.41) is 6.94. The Kier molecular flexibility index (Phi) is 5.43. The average molecular weight is 431 g/mol. The van der Waals surface area contributed by atoms with Crippen molar-refractivity contribution < 1.29 is 17.9 Å². The van der Waals surface area contributed by atoms with E-state index in [4.69, 9.17) is 21.4 Å². The lowest BCUT2D eigenvalue weighted by atomic mass is 9.98. The van der Waals surface area contributed by atoms with Gasteiger partial charge in [0.15, 0.2) is 0 Å². The van der Waals surface area contributed by atoms with Crippen molar-refractivity contribution in [3.8, 4) is 5.75 Å². The maximum atomic E-state index is 13.3. The van der Waals surface area contributed by atoms with Crippen LogP contribution in [0.15, 0.2) is 77.9 Å². The number of nitrogens with zero attached hydrogens (tertiary/aromatic N) is 2. The van der Waals surface area contributed by atoms with Crippen molar-refractivity contribution in [1.29, 1.82) is 0 Å². The van der Waals surface area contributed by atoms with E-state index in [1.54, 1.807) is 30.3 Å². The van der Waals surface area contributed by atoms with E-state index in [1.165, 1.54) is 6.07 Å². The van der Waals surface area contributed by atoms with Crippen LogP contribution >= 0.6 is 11.6 Å². The number of anilines is 1. The van der Waals surface area contributed by atoms with E-state index < -0.39 is 11.7 Å². The summed E-state index contributed by atoms with van der Waals surface area (Å²) in [6, 6.07) is 19.7. The first kappa shape index (κ1) is 20.3. The van der Waals surface area contributed by atoms with Gasteiger partial charge in [-0.05, 0) is 65.7 Å². The molecule has 0 amide bonds. The maximum Gasteiger partial charge on any atom is 0.416 e. The lowest BCUT2D eigenvalue weighted by Crippen LogP contribution is -2.19. The van der Waals surface area contributed by atoms with Gasteiger partial charge in [0, 0.05) is 11.4 Å². The van der Waals surface area contributed by atoms with Crippen LogP contribution in [0.2, 0.25) is 5.02 Å². The highest BCUT2D eigenvalue weighted by Crippen LogP contribution is 2.39. The number of hydrazone groups is 1. The summed E-state index contributed by atoms with van der Waals surface area (Å²) in [7, 11) is 1.59. The Morgan fingerprint density at radius 2 is 1.70 bits per heavy atom. The Hall–Kier alpha value is -2.99. The first-order valence-electron chi connectivity index (χ1n) is 9.29. The van der Waals surface area contributed by atoms with Gasteiger partial charge in [-0.3, -0.25) is 5.01 Å². The van der Waals surface area contributed by atoms with E-state index in [0.29, 0.717) is 17.1 Å². The summed E-state index contributed by atoms with van der Waals surface area (Å²) in [5.41, 5.74) is 2.28. The van der Waals surface area contributed by atoms with Gasteiger partial charge in [0.05, 0.1) is 30.1 Å². The van der Waals surface area contributed by atoms with Crippen LogP contribution < -0.4 is 9.75 Å². The van der Waals surface area contributed by atoms with Crippen LogP contribution in [0.4, 0.5) is 18.9 Å². The number of methoxy groups -OCH3 is 1. The number of benzene rings is 3. The van der Waals surface area contributed by atoms with E-state index in [-0.39, 0.29) is 6.04 Å². The van der Waals surface area contributed by atoms with Gasteiger partial charge in [0.25, 0.3) is 0 Å². The maximum absolute atomic E-state index is 13.3. The van der Waals surface area contributed by atoms with Crippen molar-refractivity contribution >= 4 is 23.0 Å². The molecule has 1 atom stereocenters. The monoisotopic (exact) mass is 430 g/mol. The lowest BCUT2D eigenvalue weighted by Gasteiger charge is -2.24. The summed E-state index contributed by atoms with van der Waals surface area (Å²) >= 11 is 6.02. The molecule has 0 aromatic heterocycles. The SMILES string of the molecule is COc1ccc(C2=NN(c3cccc(C(F)(F)F)c3)C(c3ccc(Cl)cc3)C2)cc1. The van der Waals surface area contributed by atoms with E-state index in [1.807, 2.05) is 36.4 Å². The molecular weight excluding hydrogens is 413 g/mol. The number of hydrogen-bond acceptors (Lipinski definition) is 3. The molecule has 1 unspecified atom stereocenters. The number of halogens is 4. The van der Waals surface area contributed by atoms with E-state index in [9.17, 15) is 13.2 Å². The third-order valence-corrected chi connectivity index (χ3v) is 5.28. The summed E-state index contributed by atoms with van der Waals surface area (Å²) in [4.78, 5) is 0. The minimum absolute atomic E-state index is 0.247. The second kappa shape index (κ2) is 8.03. The topological polar surface area (TPSA) is 24.8 Å². The molecule has 3 aromatic rings. The molecule has 0 aliphatic carbocycles. The molecule has 1 heterocycles. The molecule has 0 spiro atoms. The predicted molar refractivity (Wildman–Crippen MR) is 112 cm³/mol. The summed E-state index contributed by atoms with van der Waals surface area (Å²) < 4.78 is 45.0. The molecule has 0 fully saturated rings. The Labute approximate surface area is 177 Å². The first-order valence-corrected chi connectivity index (χ1v) is 9.67. The molecule has 0 saturated carbocycles. The highest BCUT2D eigenvalue weighted by atomic mass is 35.5. The molecule has 1 aliphatic heterocycles. The number of ether oxygens (including phenoxy) is 1. The first-order chi connectivity index (χ1) is 14.3. The molecule has 154 valence electrons. The smallest absolute Gasteiger partial charge is 0.416 e. The lowest BCUT2D eigenvalue weighted by molar-refractivity contribution is -0.137. The van der Waals surface area contributed by atoms with Gasteiger partial charge in [-0.15, -0.1) is 0 Å². The van der Waals surface area contributed by atoms with Gasteiger partial charge < -0.3 is 4.74 Å². The molecule has 0 radical (unpaired) electrons. The third kappa shape index (κ3) is 4.14. The molecule has 1 aliphatic rings. The molecule has 7 heteroatoms. The fourth-order valence-corrected chi connectivity index (χ4v) is 3.60. The Morgan fingerprint density at radius 3 is 2.33 bits per heavy atom. The molecule has 0 saturated heterocycles. The van der Waals surface area contributed by atoms with Crippen LogP contribution in [0.25, 0.3) is 0 Å². The Balaban J connectivity index is 1.75. The highest BCUT2D eigenvalue weighted by molar-refractivity contribution is 6.30. The van der Waals surface area contributed by atoms with Crippen LogP contribution in [-0.4, -0.2) is 12.8 Å². The van der Waals surface area contributed by atoms with Crippen LogP contribution in [0.1, 0.15) is 29.2 Å². The van der Waals surface area contributed by atoms with Gasteiger partial charge in [-0.2, -0.15) is 18.3 Å². The summed E-state index contributed by atoms with van der Waals surface area (Å²) in [5.74, 6) is 0.723. The minimum Gasteiger partial charge on any atom is -0.497 e. The van der Waals surface area contributed by atoms with Crippen molar-refractivity contribution in [3.05, 3.63) is 94.5 Å². The number of hydrogen-bond donors (Lipinski definition) is 0. The van der Waals surface area contributed by atoms with Crippen molar-refractivity contribution in [2.24, 2.45) is 5.10 Å². The average Bonchev–Trinajstić information content (AvgIpc) is 3.19. The van der Waals surface area contributed by atoms with Gasteiger partial charge >= 0.3 is 6.18 Å². The quantitative estimate of drug-likeness (QED) is 0.458. The molecule has 3 nitrogen and oxygen atoms in total. The zero-order valence-corrected chi connectivity index (χ0v) is 16.8. The second-order valence-corrected chi connectivity index (χ2v) is 7.38. The van der Waals surface area contributed by atoms with Crippen LogP contribution in [-0.2, 0) is 6.18 Å². The summed E-state index contributed by atoms with van der Waals surface area (Å²) in [6.45, 7) is 0. The highest BCUT2D eigenvalue weighted by Gasteiger charge is 2.34. The third-order valence-electron chi connectivity index (χ3n) is 5.03. The van der Waals surface area contributed by atoms with Crippen LogP contribution in [0.5, 0.6) is 5.75 Å². The molecule has 30 heavy (non-hydrogen) atoms. The molecule has 0 N–H and O–H groups in total. The molecular formula is C23H18ClF3N2O. The second-order valence-electron chi connectivity index (χ2n) is 6.94. The van der Waals surface area contributed by atoms with Gasteiger partial charge in [-0.25, -0.2) is 0 Å². The molecule has 4 rings (SSSR count). The fraction of sp³-hybridized carbons (Fsp3) is 0.174. The van der Waals surface area contributed by atoms with Crippen LogP contribution in [0.3, 0.4) is 0 Å². The fourth-order valence-electron chi connectivity index (χ4n) is 3.48. The number of alkyl halides is 3. The zero-order valence-electron chi connectivity index (χ0n) is 16.0. The van der Waals surface area contributed by atoms with E-state index in [2.05, 4.69) is 0 Å². The summed E-state index contributed by atoms with van der Waals surface area (Å²) in [6.07, 6.45) is -3.88. The minimum atomic E-state index is -4.42. The largest absolute Gasteiger partial charge is 0.497 e. The van der Waals surface area contributed by atoms with E-state index >= 15 is 0 Å². The van der Waals surface area contributed by atoms with Crippen molar-refractivity contribution in [2.45, 2.75) is 18.6 Å². The van der Waals surface area contributed by atoms with E-state index in [0.717, 1.165) is 34.7 Å². The van der Waals surface area contributed by atoms with Crippen molar-refractivity contribution in [3.63, 3.8) is 0 Å². The van der Waals surface area contributed by atoms with Crippen LogP contribution in [0, 0.1) is 0 Å². The molecule has 0 bridgehead atoms. The predicted octanol–water partition coefficient (Wildman–Crippen LogP) is 6.72. The van der Waals surface area contributed by atoms with Gasteiger partial charge in [0.1, 0.15) is 5.75 Å².